The molecule has 0 spiro atoms. The van der Waals surface area contributed by atoms with E-state index in [0.717, 1.165) is 11.1 Å². The predicted octanol–water partition coefficient (Wildman–Crippen LogP) is 3.16. The summed E-state index contributed by atoms with van der Waals surface area (Å²) < 4.78 is 10.9. The van der Waals surface area contributed by atoms with Crippen LogP contribution >= 0.6 is 0 Å². The summed E-state index contributed by atoms with van der Waals surface area (Å²) in [6, 6.07) is 16.3. The lowest BCUT2D eigenvalue weighted by atomic mass is 9.98. The third-order valence-corrected chi connectivity index (χ3v) is 6.57. The fourth-order valence-electron chi connectivity index (χ4n) is 4.58. The summed E-state index contributed by atoms with van der Waals surface area (Å²) in [5.41, 5.74) is 4.66. The van der Waals surface area contributed by atoms with Gasteiger partial charge in [-0.3, -0.25) is 9.59 Å². The topological polar surface area (TPSA) is 114 Å². The lowest BCUT2D eigenvalue weighted by Crippen LogP contribution is -2.37. The molecule has 0 radical (unpaired) electrons. The zero-order valence-corrected chi connectivity index (χ0v) is 19.2. The van der Waals surface area contributed by atoms with Gasteiger partial charge in [-0.2, -0.15) is 0 Å². The summed E-state index contributed by atoms with van der Waals surface area (Å²) >= 11 is 0. The molecule has 1 aliphatic carbocycles. The first-order valence-corrected chi connectivity index (χ1v) is 11.6. The molecule has 2 aromatic carbocycles. The van der Waals surface area contributed by atoms with Gasteiger partial charge < -0.3 is 25.2 Å². The molecule has 4 rings (SSSR count). The van der Waals surface area contributed by atoms with Crippen LogP contribution in [0.1, 0.15) is 36.8 Å². The van der Waals surface area contributed by atoms with Crippen molar-refractivity contribution in [3.05, 3.63) is 59.7 Å². The van der Waals surface area contributed by atoms with Gasteiger partial charge in [0, 0.05) is 24.9 Å². The molecule has 8 heteroatoms. The summed E-state index contributed by atoms with van der Waals surface area (Å²) in [6.45, 7) is 2.80. The van der Waals surface area contributed by atoms with Crippen molar-refractivity contribution < 1.29 is 29.0 Å². The zero-order valence-electron chi connectivity index (χ0n) is 19.2. The van der Waals surface area contributed by atoms with Crippen LogP contribution in [0.3, 0.4) is 0 Å². The first kappa shape index (κ1) is 23.8. The van der Waals surface area contributed by atoms with E-state index in [4.69, 9.17) is 14.6 Å². The maximum Gasteiger partial charge on any atom is 0.407 e. The molecule has 8 nitrogen and oxygen atoms in total. The van der Waals surface area contributed by atoms with Gasteiger partial charge in [-0.05, 0) is 35.1 Å². The van der Waals surface area contributed by atoms with Gasteiger partial charge in [0.1, 0.15) is 6.61 Å². The molecule has 180 valence electrons. The molecule has 34 heavy (non-hydrogen) atoms. The van der Waals surface area contributed by atoms with E-state index in [2.05, 4.69) is 34.9 Å². The van der Waals surface area contributed by atoms with Gasteiger partial charge in [-0.15, -0.1) is 0 Å². The number of nitrogens with one attached hydrogen (secondary N) is 2. The van der Waals surface area contributed by atoms with Crippen LogP contribution in [0.4, 0.5) is 4.79 Å². The number of hydrogen-bond acceptors (Lipinski definition) is 5. The summed E-state index contributed by atoms with van der Waals surface area (Å²) in [7, 11) is 0. The minimum atomic E-state index is -0.874. The largest absolute Gasteiger partial charge is 0.481 e. The van der Waals surface area contributed by atoms with Crippen LogP contribution in [0, 0.1) is 11.8 Å². The Labute approximate surface area is 198 Å². The van der Waals surface area contributed by atoms with Gasteiger partial charge in [0.25, 0.3) is 0 Å². The second-order valence-electron chi connectivity index (χ2n) is 8.91. The number of ether oxygens (including phenoxy) is 2. The molecule has 0 saturated carbocycles. The van der Waals surface area contributed by atoms with Crippen LogP contribution in [0.25, 0.3) is 11.1 Å². The second-order valence-corrected chi connectivity index (χ2v) is 8.91. The van der Waals surface area contributed by atoms with Crippen molar-refractivity contribution >= 4 is 18.0 Å². The minimum absolute atomic E-state index is 0.00128. The number of hydrogen-bond donors (Lipinski definition) is 3. The molecule has 1 unspecified atom stereocenters. The van der Waals surface area contributed by atoms with E-state index >= 15 is 0 Å². The fraction of sp³-hybridized carbons (Fsp3) is 0.423. The van der Waals surface area contributed by atoms with E-state index < -0.39 is 18.0 Å². The van der Waals surface area contributed by atoms with Gasteiger partial charge in [0.05, 0.1) is 18.6 Å². The van der Waals surface area contributed by atoms with Crippen LogP contribution in [0.5, 0.6) is 0 Å². The van der Waals surface area contributed by atoms with Gasteiger partial charge in [-0.1, -0.05) is 55.5 Å². The van der Waals surface area contributed by atoms with Crippen molar-refractivity contribution in [3.63, 3.8) is 0 Å². The first-order valence-electron chi connectivity index (χ1n) is 11.6. The summed E-state index contributed by atoms with van der Waals surface area (Å²) in [5, 5.41) is 14.5. The van der Waals surface area contributed by atoms with Crippen molar-refractivity contribution in [2.45, 2.75) is 31.8 Å². The van der Waals surface area contributed by atoms with E-state index in [1.54, 1.807) is 6.92 Å². The van der Waals surface area contributed by atoms with Crippen LogP contribution in [0.15, 0.2) is 48.5 Å². The number of carbonyl (C=O) groups excluding carboxylic acids is 2. The molecule has 1 fully saturated rings. The number of aliphatic carboxylic acids is 1. The fourth-order valence-corrected chi connectivity index (χ4v) is 4.58. The molecule has 3 atom stereocenters. The van der Waals surface area contributed by atoms with Gasteiger partial charge in [-0.25, -0.2) is 4.79 Å². The van der Waals surface area contributed by atoms with Gasteiger partial charge in [0.15, 0.2) is 0 Å². The Balaban J connectivity index is 1.17. The Hall–Kier alpha value is -3.39. The van der Waals surface area contributed by atoms with Crippen LogP contribution < -0.4 is 10.6 Å². The molecule has 1 saturated heterocycles. The molecule has 1 aliphatic heterocycles. The second kappa shape index (κ2) is 10.7. The van der Waals surface area contributed by atoms with Crippen LogP contribution in [-0.2, 0) is 19.1 Å². The number of fused-ring (bicyclic) bond motifs is 3. The molecule has 2 aromatic rings. The van der Waals surface area contributed by atoms with Crippen molar-refractivity contribution in [1.82, 2.24) is 10.6 Å². The Morgan fingerprint density at radius 2 is 1.71 bits per heavy atom. The highest BCUT2D eigenvalue weighted by molar-refractivity contribution is 5.79. The average Bonchev–Trinajstić information content (AvgIpc) is 3.44. The summed E-state index contributed by atoms with van der Waals surface area (Å²) in [5.74, 6) is -1.86. The third-order valence-electron chi connectivity index (χ3n) is 6.57. The van der Waals surface area contributed by atoms with Crippen LogP contribution in [0.2, 0.25) is 0 Å². The number of benzene rings is 2. The molecule has 0 aromatic heterocycles. The van der Waals surface area contributed by atoms with E-state index in [0.29, 0.717) is 19.4 Å². The quantitative estimate of drug-likeness (QED) is 0.523. The number of carbonyl (C=O) groups is 3. The van der Waals surface area contributed by atoms with Crippen molar-refractivity contribution in [2.75, 3.05) is 26.3 Å². The highest BCUT2D eigenvalue weighted by Gasteiger charge is 2.31. The minimum Gasteiger partial charge on any atom is -0.481 e. The van der Waals surface area contributed by atoms with Crippen molar-refractivity contribution in [1.29, 1.82) is 0 Å². The summed E-state index contributed by atoms with van der Waals surface area (Å²) in [6.07, 6.45) is 0.0665. The van der Waals surface area contributed by atoms with Crippen molar-refractivity contribution in [3.8, 4) is 11.1 Å². The monoisotopic (exact) mass is 466 g/mol. The van der Waals surface area contributed by atoms with E-state index in [1.165, 1.54) is 11.1 Å². The Morgan fingerprint density at radius 1 is 1.06 bits per heavy atom. The molecule has 2 amide bonds. The van der Waals surface area contributed by atoms with Crippen LogP contribution in [-0.4, -0.2) is 55.5 Å². The molecular formula is C26H30N2O6. The predicted molar refractivity (Wildman–Crippen MR) is 125 cm³/mol. The maximum absolute atomic E-state index is 12.3. The number of carboxylic acid groups (broad SMARTS) is 1. The average molecular weight is 467 g/mol. The molecular weight excluding hydrogens is 436 g/mol. The number of alkyl carbamates (subject to hydrolysis) is 1. The number of amides is 2. The molecule has 0 bridgehead atoms. The maximum atomic E-state index is 12.3. The highest BCUT2D eigenvalue weighted by Crippen LogP contribution is 2.44. The van der Waals surface area contributed by atoms with E-state index in [9.17, 15) is 14.4 Å². The first-order chi connectivity index (χ1) is 16.4. The SMILES string of the molecule is CC(CCNC(=O)OCC1c2ccccc2-c2ccccc21)C(=O)NC[C@@H]1C[C@H](C(=O)O)CO1. The van der Waals surface area contributed by atoms with Gasteiger partial charge >= 0.3 is 12.1 Å². The Morgan fingerprint density at radius 3 is 2.32 bits per heavy atom. The number of rotatable bonds is 9. The molecule has 1 heterocycles. The normalized spacial score (nSPS) is 19.7. The lowest BCUT2D eigenvalue weighted by molar-refractivity contribution is -0.141. The Kier molecular flexibility index (Phi) is 7.47. The van der Waals surface area contributed by atoms with E-state index in [-0.39, 0.29) is 43.6 Å². The smallest absolute Gasteiger partial charge is 0.407 e. The zero-order chi connectivity index (χ0) is 24.1. The van der Waals surface area contributed by atoms with E-state index in [1.807, 2.05) is 24.3 Å². The molecule has 2 aliphatic rings. The molecule has 3 N–H and O–H groups in total. The standard InChI is InChI=1S/C26H30N2O6/c1-16(24(29)28-13-18-12-17(14-33-18)25(30)31)10-11-27-26(32)34-15-23-21-8-4-2-6-19(21)20-7-3-5-9-22(20)23/h2-9,16-18,23H,10-15H2,1H3,(H,27,32)(H,28,29)(H,30,31)/t16?,17-,18-/m0/s1. The van der Waals surface area contributed by atoms with Crippen molar-refractivity contribution in [2.24, 2.45) is 11.8 Å². The lowest BCUT2D eigenvalue weighted by Gasteiger charge is -2.16. The Bertz CT molecular complexity index is 1010. The number of carboxylic acids is 1. The third kappa shape index (κ3) is 5.39. The van der Waals surface area contributed by atoms with Gasteiger partial charge in [0.2, 0.25) is 5.91 Å². The summed E-state index contributed by atoms with van der Waals surface area (Å²) in [4.78, 5) is 35.5. The highest BCUT2D eigenvalue weighted by atomic mass is 16.5.